The lowest BCUT2D eigenvalue weighted by atomic mass is 10.0. The molecule has 0 bridgehead atoms. The van der Waals surface area contributed by atoms with Gasteiger partial charge in [-0.25, -0.2) is 17.1 Å². The van der Waals surface area contributed by atoms with Crippen LogP contribution in [0.5, 0.6) is 11.5 Å². The van der Waals surface area contributed by atoms with Gasteiger partial charge in [-0.15, -0.1) is 13.2 Å². The van der Waals surface area contributed by atoms with E-state index in [2.05, 4.69) is 10.1 Å². The van der Waals surface area contributed by atoms with Gasteiger partial charge in [0.25, 0.3) is 5.91 Å². The van der Waals surface area contributed by atoms with Crippen LogP contribution in [0.25, 0.3) is 11.1 Å². The lowest BCUT2D eigenvalue weighted by molar-refractivity contribution is -0.274. The first kappa shape index (κ1) is 26.5. The molecule has 1 amide bonds. The number of carbonyl (C=O) groups is 1. The van der Waals surface area contributed by atoms with Crippen LogP contribution in [0, 0.1) is 5.82 Å². The number of rotatable bonds is 7. The minimum Gasteiger partial charge on any atom is -0.506 e. The number of phenols is 1. The number of anilines is 3. The smallest absolute Gasteiger partial charge is 0.506 e. The lowest BCUT2D eigenvalue weighted by Crippen LogP contribution is -2.16. The van der Waals surface area contributed by atoms with E-state index in [1.165, 1.54) is 66.7 Å². The van der Waals surface area contributed by atoms with Gasteiger partial charge in [0.05, 0.1) is 5.69 Å². The maximum atomic E-state index is 13.3. The van der Waals surface area contributed by atoms with Crippen molar-refractivity contribution in [3.05, 3.63) is 102 Å². The normalized spacial score (nSPS) is 11.3. The SMILES string of the molecule is O=C(Nc1ccc(O)c(N(c2ccc(F)cc2)[SH](=O)=O)c1)c1ccc(-c2ccc(OC(F)(F)F)cc2)cc1. The summed E-state index contributed by atoms with van der Waals surface area (Å²) in [4.78, 5) is 12.8. The number of hydrogen-bond acceptors (Lipinski definition) is 5. The van der Waals surface area contributed by atoms with Crippen LogP contribution in [-0.4, -0.2) is 25.8 Å². The Morgan fingerprint density at radius 1 is 0.842 bits per heavy atom. The van der Waals surface area contributed by atoms with Crippen molar-refractivity contribution in [3.63, 3.8) is 0 Å². The molecule has 0 atom stereocenters. The summed E-state index contributed by atoms with van der Waals surface area (Å²) in [7, 11) is -3.28. The van der Waals surface area contributed by atoms with E-state index in [0.717, 1.165) is 16.4 Å². The number of hydrogen-bond donors (Lipinski definition) is 3. The molecule has 0 heterocycles. The summed E-state index contributed by atoms with van der Waals surface area (Å²) in [6.07, 6.45) is -4.79. The quantitative estimate of drug-likeness (QED) is 0.150. The van der Waals surface area contributed by atoms with Crippen LogP contribution in [0.15, 0.2) is 91.0 Å². The van der Waals surface area contributed by atoms with E-state index in [0.29, 0.717) is 11.1 Å². The maximum Gasteiger partial charge on any atom is 0.573 e. The zero-order chi connectivity index (χ0) is 27.4. The first-order chi connectivity index (χ1) is 18.0. The second-order valence-electron chi connectivity index (χ2n) is 7.83. The third-order valence-electron chi connectivity index (χ3n) is 5.26. The monoisotopic (exact) mass is 546 g/mol. The molecule has 0 aliphatic heterocycles. The van der Waals surface area contributed by atoms with Crippen LogP contribution < -0.4 is 14.4 Å². The molecule has 0 spiro atoms. The van der Waals surface area contributed by atoms with Crippen molar-refractivity contribution in [2.45, 2.75) is 6.36 Å². The molecule has 0 aromatic heterocycles. The van der Waals surface area contributed by atoms with Crippen LogP contribution in [0.3, 0.4) is 0 Å². The highest BCUT2D eigenvalue weighted by molar-refractivity contribution is 7.74. The number of amides is 1. The first-order valence-corrected chi connectivity index (χ1v) is 11.9. The number of alkyl halides is 3. The van der Waals surface area contributed by atoms with Crippen molar-refractivity contribution < 1.29 is 40.6 Å². The van der Waals surface area contributed by atoms with Crippen LogP contribution in [0.4, 0.5) is 34.6 Å². The second kappa shape index (κ2) is 10.8. The Morgan fingerprint density at radius 2 is 1.42 bits per heavy atom. The summed E-state index contributed by atoms with van der Waals surface area (Å²) in [5.41, 5.74) is 1.58. The van der Waals surface area contributed by atoms with Gasteiger partial charge >= 0.3 is 6.36 Å². The first-order valence-electron chi connectivity index (χ1n) is 10.8. The molecular weight excluding hydrogens is 528 g/mol. The zero-order valence-corrected chi connectivity index (χ0v) is 20.0. The van der Waals surface area contributed by atoms with E-state index in [4.69, 9.17) is 0 Å². The van der Waals surface area contributed by atoms with E-state index in [1.54, 1.807) is 12.1 Å². The summed E-state index contributed by atoms with van der Waals surface area (Å²) >= 11 is 0. The van der Waals surface area contributed by atoms with Crippen molar-refractivity contribution in [3.8, 4) is 22.6 Å². The van der Waals surface area contributed by atoms with Crippen molar-refractivity contribution in [2.24, 2.45) is 0 Å². The number of nitrogens with one attached hydrogen (secondary N) is 1. The van der Waals surface area contributed by atoms with Gasteiger partial charge in [-0.3, -0.25) is 4.79 Å². The van der Waals surface area contributed by atoms with Crippen LogP contribution in [-0.2, 0) is 10.9 Å². The highest BCUT2D eigenvalue weighted by Crippen LogP contribution is 2.36. The molecule has 0 aliphatic rings. The van der Waals surface area contributed by atoms with Crippen LogP contribution in [0.2, 0.25) is 0 Å². The van der Waals surface area contributed by atoms with Gasteiger partial charge in [0.2, 0.25) is 10.9 Å². The van der Waals surface area contributed by atoms with E-state index in [9.17, 15) is 35.9 Å². The second-order valence-corrected chi connectivity index (χ2v) is 8.71. The Kier molecular flexibility index (Phi) is 7.53. The molecule has 0 unspecified atom stereocenters. The number of phenolic OH excluding ortho intramolecular Hbond substituents is 1. The number of nitrogens with zero attached hydrogens (tertiary/aromatic N) is 1. The van der Waals surface area contributed by atoms with E-state index >= 15 is 0 Å². The Hall–Kier alpha value is -4.58. The molecule has 4 aromatic carbocycles. The van der Waals surface area contributed by atoms with Gasteiger partial charge in [0.1, 0.15) is 23.0 Å². The fourth-order valence-corrected chi connectivity index (χ4v) is 4.20. The summed E-state index contributed by atoms with van der Waals surface area (Å²) in [5, 5.41) is 12.9. The molecule has 196 valence electrons. The minimum atomic E-state index is -4.79. The van der Waals surface area contributed by atoms with Gasteiger partial charge in [0.15, 0.2) is 0 Å². The van der Waals surface area contributed by atoms with Crippen molar-refractivity contribution in [1.29, 1.82) is 0 Å². The number of benzene rings is 4. The van der Waals surface area contributed by atoms with Crippen molar-refractivity contribution in [2.75, 3.05) is 9.62 Å². The predicted octanol–water partition coefficient (Wildman–Crippen LogP) is 6.01. The largest absolute Gasteiger partial charge is 0.573 e. The Bertz CT molecular complexity index is 1510. The van der Waals surface area contributed by atoms with Crippen molar-refractivity contribution in [1.82, 2.24) is 0 Å². The number of ether oxygens (including phenoxy) is 1. The molecule has 12 heteroatoms. The minimum absolute atomic E-state index is 0.0786. The Balaban J connectivity index is 1.51. The molecule has 0 fully saturated rings. The predicted molar refractivity (Wildman–Crippen MR) is 133 cm³/mol. The van der Waals surface area contributed by atoms with Gasteiger partial charge in [0, 0.05) is 11.3 Å². The number of aromatic hydroxyl groups is 1. The zero-order valence-electron chi connectivity index (χ0n) is 19.1. The van der Waals surface area contributed by atoms with E-state index < -0.39 is 29.0 Å². The average Bonchev–Trinajstić information content (AvgIpc) is 2.86. The summed E-state index contributed by atoms with van der Waals surface area (Å²) in [5.74, 6) is -1.85. The van der Waals surface area contributed by atoms with Gasteiger partial charge in [-0.1, -0.05) is 24.3 Å². The Labute approximate surface area is 215 Å². The van der Waals surface area contributed by atoms with Gasteiger partial charge in [-0.05, 0) is 77.9 Å². The van der Waals surface area contributed by atoms with E-state index in [-0.39, 0.29) is 34.1 Å². The highest BCUT2D eigenvalue weighted by atomic mass is 32.2. The molecule has 0 radical (unpaired) electrons. The molecule has 0 aliphatic carbocycles. The third-order valence-corrected chi connectivity index (χ3v) is 6.04. The highest BCUT2D eigenvalue weighted by Gasteiger charge is 2.31. The number of halogens is 4. The van der Waals surface area contributed by atoms with Crippen LogP contribution >= 0.6 is 0 Å². The average molecular weight is 546 g/mol. The van der Waals surface area contributed by atoms with E-state index in [1.807, 2.05) is 0 Å². The summed E-state index contributed by atoms with van der Waals surface area (Å²) in [6, 6.07) is 19.9. The molecule has 0 saturated carbocycles. The molecule has 2 N–H and O–H groups in total. The third kappa shape index (κ3) is 6.40. The summed E-state index contributed by atoms with van der Waals surface area (Å²) < 4.78 is 78.8. The Morgan fingerprint density at radius 3 is 1.97 bits per heavy atom. The maximum absolute atomic E-state index is 13.3. The molecular formula is C26H18F4N2O5S. The van der Waals surface area contributed by atoms with Gasteiger partial charge in [-0.2, -0.15) is 0 Å². The number of carbonyl (C=O) groups excluding carboxylic acids is 1. The van der Waals surface area contributed by atoms with Crippen LogP contribution in [0.1, 0.15) is 10.4 Å². The molecule has 4 aromatic rings. The fourth-order valence-electron chi connectivity index (χ4n) is 3.54. The standard InChI is InChI=1S/C26H18F4N2O5S/c27-19-7-10-21(11-8-19)32(38(35)36)23-15-20(9-14-24(23)33)31-25(34)18-3-1-16(2-4-18)17-5-12-22(13-6-17)37-26(28,29)30/h1-15,33,38H,(H,31,34). The summed E-state index contributed by atoms with van der Waals surface area (Å²) in [6.45, 7) is 0. The molecule has 4 rings (SSSR count). The van der Waals surface area contributed by atoms with Gasteiger partial charge < -0.3 is 15.2 Å². The fraction of sp³-hybridized carbons (Fsp3) is 0.0385. The number of thiol groups is 1. The lowest BCUT2D eigenvalue weighted by Gasteiger charge is -2.20. The van der Waals surface area contributed by atoms with Crippen molar-refractivity contribution >= 4 is 33.9 Å². The topological polar surface area (TPSA) is 95.9 Å². The molecule has 38 heavy (non-hydrogen) atoms. The molecule has 0 saturated heterocycles. The molecule has 7 nitrogen and oxygen atoms in total.